The molecule has 9 nitrogen and oxygen atoms in total. The number of aryl methyl sites for hydroxylation is 3. The zero-order valence-electron chi connectivity index (χ0n) is 16.9. The predicted molar refractivity (Wildman–Crippen MR) is 110 cm³/mol. The van der Waals surface area contributed by atoms with E-state index in [2.05, 4.69) is 15.4 Å². The predicted octanol–water partition coefficient (Wildman–Crippen LogP) is 1.38. The molecule has 10 heteroatoms. The molecular formula is C19H23N5O4S. The molecule has 0 saturated heterocycles. The van der Waals surface area contributed by atoms with Crippen molar-refractivity contribution < 1.29 is 13.2 Å². The zero-order chi connectivity index (χ0) is 21.5. The van der Waals surface area contributed by atoms with Gasteiger partial charge in [0.15, 0.2) is 5.65 Å². The molecule has 0 aliphatic heterocycles. The molecule has 1 amide bonds. The fourth-order valence-corrected chi connectivity index (χ4v) is 4.00. The van der Waals surface area contributed by atoms with Crippen molar-refractivity contribution in [2.24, 2.45) is 0 Å². The number of hydrogen-bond donors (Lipinski definition) is 2. The summed E-state index contributed by atoms with van der Waals surface area (Å²) in [7, 11) is -0.707. The lowest BCUT2D eigenvalue weighted by Crippen LogP contribution is -2.23. The Kier molecular flexibility index (Phi) is 5.33. The first-order chi connectivity index (χ1) is 13.5. The Morgan fingerprint density at radius 1 is 1.21 bits per heavy atom. The summed E-state index contributed by atoms with van der Waals surface area (Å²) in [5.41, 5.74) is 3.45. The average molecular weight is 417 g/mol. The Hall–Kier alpha value is -2.98. The number of H-pyrrole nitrogens is 1. The molecule has 0 radical (unpaired) electrons. The van der Waals surface area contributed by atoms with Crippen LogP contribution >= 0.6 is 0 Å². The Bertz CT molecular complexity index is 1270. The van der Waals surface area contributed by atoms with E-state index in [1.54, 1.807) is 31.4 Å². The van der Waals surface area contributed by atoms with E-state index >= 15 is 0 Å². The SMILES string of the molecule is Cc1ccc(S(=O)(=O)N(C)C)cc1NC(=O)Cc1c(C)nc2cc(=O)[nH]n2c1C. The summed E-state index contributed by atoms with van der Waals surface area (Å²) in [4.78, 5) is 28.7. The van der Waals surface area contributed by atoms with Crippen molar-refractivity contribution in [3.63, 3.8) is 0 Å². The monoisotopic (exact) mass is 417 g/mol. The number of nitrogens with one attached hydrogen (secondary N) is 2. The molecule has 0 unspecified atom stereocenters. The van der Waals surface area contributed by atoms with Crippen molar-refractivity contribution in [3.05, 3.63) is 57.1 Å². The summed E-state index contributed by atoms with van der Waals surface area (Å²) in [6.45, 7) is 5.37. The molecule has 0 spiro atoms. The normalized spacial score (nSPS) is 11.9. The Morgan fingerprint density at radius 3 is 2.55 bits per heavy atom. The van der Waals surface area contributed by atoms with E-state index in [1.165, 1.54) is 32.3 Å². The quantitative estimate of drug-likeness (QED) is 0.650. The summed E-state index contributed by atoms with van der Waals surface area (Å²) < 4.78 is 27.4. The van der Waals surface area contributed by atoms with Crippen LogP contribution in [0.2, 0.25) is 0 Å². The highest BCUT2D eigenvalue weighted by Gasteiger charge is 2.19. The third kappa shape index (κ3) is 3.94. The Morgan fingerprint density at radius 2 is 1.90 bits per heavy atom. The van der Waals surface area contributed by atoms with Gasteiger partial charge < -0.3 is 5.32 Å². The van der Waals surface area contributed by atoms with E-state index in [4.69, 9.17) is 0 Å². The molecule has 0 aliphatic rings. The second kappa shape index (κ2) is 7.45. The topological polar surface area (TPSA) is 117 Å². The molecular weight excluding hydrogens is 394 g/mol. The second-order valence-electron chi connectivity index (χ2n) is 7.06. The molecule has 0 fully saturated rings. The first-order valence-electron chi connectivity index (χ1n) is 8.91. The van der Waals surface area contributed by atoms with Crippen LogP contribution in [0, 0.1) is 20.8 Å². The first kappa shape index (κ1) is 20.7. The number of rotatable bonds is 5. The fraction of sp³-hybridized carbons (Fsp3) is 0.316. The summed E-state index contributed by atoms with van der Waals surface area (Å²) in [5, 5.41) is 5.44. The molecule has 3 rings (SSSR count). The molecule has 0 saturated carbocycles. The number of anilines is 1. The first-order valence-corrected chi connectivity index (χ1v) is 10.4. The van der Waals surface area contributed by atoms with Gasteiger partial charge in [-0.25, -0.2) is 22.2 Å². The van der Waals surface area contributed by atoms with Crippen LogP contribution in [0.3, 0.4) is 0 Å². The Balaban J connectivity index is 1.90. The van der Waals surface area contributed by atoms with Crippen LogP contribution < -0.4 is 10.9 Å². The van der Waals surface area contributed by atoms with Gasteiger partial charge in [0.05, 0.1) is 11.3 Å². The van der Waals surface area contributed by atoms with E-state index in [9.17, 15) is 18.0 Å². The number of aromatic nitrogens is 3. The standard InChI is InChI=1S/C19H23N5O4S/c1-11-6-7-14(29(27,28)23(4)5)8-16(11)21-18(25)9-15-12(2)20-17-10-19(26)22-24(17)13(15)3/h6-8,10H,9H2,1-5H3,(H,21,25)(H,22,26). The number of aromatic amines is 1. The van der Waals surface area contributed by atoms with Gasteiger partial charge in [0.2, 0.25) is 15.9 Å². The number of benzene rings is 1. The minimum Gasteiger partial charge on any atom is -0.326 e. The summed E-state index contributed by atoms with van der Waals surface area (Å²) in [6, 6.07) is 6.01. The van der Waals surface area contributed by atoms with Crippen LogP contribution in [-0.4, -0.2) is 47.3 Å². The highest BCUT2D eigenvalue weighted by atomic mass is 32.2. The van der Waals surface area contributed by atoms with Crippen molar-refractivity contribution in [2.45, 2.75) is 32.1 Å². The molecule has 154 valence electrons. The summed E-state index contributed by atoms with van der Waals surface area (Å²) in [5.74, 6) is -0.311. The van der Waals surface area contributed by atoms with Gasteiger partial charge in [0.25, 0.3) is 5.56 Å². The lowest BCUT2D eigenvalue weighted by molar-refractivity contribution is -0.115. The van der Waals surface area contributed by atoms with Crippen LogP contribution in [0.4, 0.5) is 5.69 Å². The molecule has 0 atom stereocenters. The number of carbonyl (C=O) groups is 1. The molecule has 29 heavy (non-hydrogen) atoms. The third-order valence-corrected chi connectivity index (χ3v) is 6.61. The van der Waals surface area contributed by atoms with E-state index in [0.717, 1.165) is 9.87 Å². The summed E-state index contributed by atoms with van der Waals surface area (Å²) in [6.07, 6.45) is 0.0327. The maximum Gasteiger partial charge on any atom is 0.266 e. The van der Waals surface area contributed by atoms with E-state index in [0.29, 0.717) is 28.3 Å². The Labute approximate surface area is 168 Å². The number of amides is 1. The molecule has 1 aromatic carbocycles. The molecule has 0 aliphatic carbocycles. The van der Waals surface area contributed by atoms with Crippen LogP contribution in [0.25, 0.3) is 5.65 Å². The molecule has 2 aromatic heterocycles. The van der Waals surface area contributed by atoms with Crippen LogP contribution in [0.15, 0.2) is 34.0 Å². The highest BCUT2D eigenvalue weighted by molar-refractivity contribution is 7.89. The van der Waals surface area contributed by atoms with Gasteiger partial charge in [-0.05, 0) is 38.5 Å². The van der Waals surface area contributed by atoms with Crippen molar-refractivity contribution in [1.82, 2.24) is 18.9 Å². The number of sulfonamides is 1. The largest absolute Gasteiger partial charge is 0.326 e. The van der Waals surface area contributed by atoms with E-state index < -0.39 is 10.0 Å². The molecule has 2 N–H and O–H groups in total. The number of hydrogen-bond acceptors (Lipinski definition) is 5. The fourth-order valence-electron chi connectivity index (χ4n) is 3.07. The van der Waals surface area contributed by atoms with Crippen molar-refractivity contribution >= 4 is 27.3 Å². The zero-order valence-corrected chi connectivity index (χ0v) is 17.7. The van der Waals surface area contributed by atoms with Crippen molar-refractivity contribution in [3.8, 4) is 0 Å². The van der Waals surface area contributed by atoms with Gasteiger partial charge >= 0.3 is 0 Å². The average Bonchev–Trinajstić information content (AvgIpc) is 3.00. The minimum absolute atomic E-state index is 0.0327. The van der Waals surface area contributed by atoms with E-state index in [-0.39, 0.29) is 22.8 Å². The van der Waals surface area contributed by atoms with Gasteiger partial charge in [0, 0.05) is 42.8 Å². The smallest absolute Gasteiger partial charge is 0.266 e. The number of carbonyl (C=O) groups excluding carboxylic acids is 1. The number of fused-ring (bicyclic) bond motifs is 1. The van der Waals surface area contributed by atoms with Crippen LogP contribution in [0.5, 0.6) is 0 Å². The van der Waals surface area contributed by atoms with Crippen LogP contribution in [-0.2, 0) is 21.2 Å². The lowest BCUT2D eigenvalue weighted by atomic mass is 10.1. The van der Waals surface area contributed by atoms with Gasteiger partial charge in [0.1, 0.15) is 0 Å². The highest BCUT2D eigenvalue weighted by Crippen LogP contribution is 2.23. The van der Waals surface area contributed by atoms with Gasteiger partial charge in [-0.15, -0.1) is 0 Å². The van der Waals surface area contributed by atoms with Gasteiger partial charge in [-0.1, -0.05) is 6.07 Å². The lowest BCUT2D eigenvalue weighted by Gasteiger charge is -2.15. The second-order valence-corrected chi connectivity index (χ2v) is 9.22. The van der Waals surface area contributed by atoms with Gasteiger partial charge in [-0.3, -0.25) is 14.7 Å². The summed E-state index contributed by atoms with van der Waals surface area (Å²) >= 11 is 0. The van der Waals surface area contributed by atoms with Gasteiger partial charge in [-0.2, -0.15) is 0 Å². The maximum atomic E-state index is 12.7. The maximum absolute atomic E-state index is 12.7. The molecule has 0 bridgehead atoms. The van der Waals surface area contributed by atoms with E-state index in [1.807, 2.05) is 0 Å². The molecule has 2 heterocycles. The minimum atomic E-state index is -3.61. The van der Waals surface area contributed by atoms with Crippen LogP contribution in [0.1, 0.15) is 22.5 Å². The third-order valence-electron chi connectivity index (χ3n) is 4.80. The number of nitrogens with zero attached hydrogens (tertiary/aromatic N) is 3. The van der Waals surface area contributed by atoms with Crippen molar-refractivity contribution in [1.29, 1.82) is 0 Å². The van der Waals surface area contributed by atoms with Crippen molar-refractivity contribution in [2.75, 3.05) is 19.4 Å². The molecule has 3 aromatic rings.